The number of ether oxygens (including phenoxy) is 1. The van der Waals surface area contributed by atoms with Crippen LogP contribution < -0.4 is 10.1 Å². The van der Waals surface area contributed by atoms with Gasteiger partial charge in [-0.2, -0.15) is 0 Å². The van der Waals surface area contributed by atoms with Crippen LogP contribution in [0, 0.1) is 0 Å². The van der Waals surface area contributed by atoms with E-state index in [9.17, 15) is 14.7 Å². The first kappa shape index (κ1) is 19.0. The number of furan rings is 1. The predicted molar refractivity (Wildman–Crippen MR) is 106 cm³/mol. The minimum atomic E-state index is -0.632. The number of alkyl halides is 1. The smallest absolute Gasteiger partial charge is 0.308 e. The highest BCUT2D eigenvalue weighted by atomic mass is 79.9. The minimum Gasteiger partial charge on any atom is -0.502 e. The molecule has 0 saturated heterocycles. The molecule has 0 unspecified atom stereocenters. The minimum absolute atomic E-state index is 0.0922. The van der Waals surface area contributed by atoms with Gasteiger partial charge in [-0.05, 0) is 23.3 Å². The molecule has 0 radical (unpaired) electrons. The molecular weight excluding hydrogens is 414 g/mol. The zero-order chi connectivity index (χ0) is 19.4. The van der Waals surface area contributed by atoms with Crippen molar-refractivity contribution in [2.24, 2.45) is 0 Å². The Hall–Kier alpha value is -2.80. The molecule has 1 heterocycles. The molecule has 0 atom stereocenters. The third kappa shape index (κ3) is 4.31. The van der Waals surface area contributed by atoms with Crippen LogP contribution in [0.1, 0.15) is 19.8 Å². The van der Waals surface area contributed by atoms with E-state index in [2.05, 4.69) is 21.2 Å². The summed E-state index contributed by atoms with van der Waals surface area (Å²) in [5, 5.41) is 15.8. The summed E-state index contributed by atoms with van der Waals surface area (Å²) < 4.78 is 10.7. The fourth-order valence-corrected chi connectivity index (χ4v) is 2.95. The highest BCUT2D eigenvalue weighted by molar-refractivity contribution is 9.09. The Labute approximate surface area is 164 Å². The summed E-state index contributed by atoms with van der Waals surface area (Å²) in [4.78, 5) is 23.4. The van der Waals surface area contributed by atoms with E-state index in [-0.39, 0.29) is 35.5 Å². The lowest BCUT2D eigenvalue weighted by Crippen LogP contribution is -2.12. The van der Waals surface area contributed by atoms with Crippen molar-refractivity contribution in [3.8, 4) is 22.8 Å². The first-order chi connectivity index (χ1) is 13.0. The first-order valence-electron chi connectivity index (χ1n) is 8.38. The molecule has 6 nitrogen and oxygen atoms in total. The lowest BCUT2D eigenvalue weighted by atomic mass is 10.1. The first-order valence-corrected chi connectivity index (χ1v) is 9.51. The highest BCUT2D eigenvalue weighted by Crippen LogP contribution is 2.46. The van der Waals surface area contributed by atoms with Gasteiger partial charge in [-0.15, -0.1) is 0 Å². The molecule has 7 heteroatoms. The van der Waals surface area contributed by atoms with E-state index in [1.165, 1.54) is 6.92 Å². The van der Waals surface area contributed by atoms with Crippen LogP contribution in [-0.4, -0.2) is 22.3 Å². The predicted octanol–water partition coefficient (Wildman–Crippen LogP) is 4.84. The maximum atomic E-state index is 12.0. The molecule has 140 valence electrons. The molecule has 0 bridgehead atoms. The molecule has 3 aromatic rings. The van der Waals surface area contributed by atoms with E-state index in [1.54, 1.807) is 6.07 Å². The van der Waals surface area contributed by atoms with Gasteiger partial charge in [-0.25, -0.2) is 0 Å². The van der Waals surface area contributed by atoms with Gasteiger partial charge >= 0.3 is 5.97 Å². The third-order valence-electron chi connectivity index (χ3n) is 3.89. The summed E-state index contributed by atoms with van der Waals surface area (Å²) in [5.41, 5.74) is 0.598. The number of halogens is 1. The molecular formula is C20H18BrNO5. The van der Waals surface area contributed by atoms with Crippen LogP contribution in [0.15, 0.2) is 46.9 Å². The molecule has 2 aromatic carbocycles. The molecule has 0 spiro atoms. The quantitative estimate of drug-likeness (QED) is 0.430. The number of carbonyl (C=O) groups excluding carboxylic acids is 2. The van der Waals surface area contributed by atoms with Crippen molar-refractivity contribution in [3.05, 3.63) is 42.5 Å². The average Bonchev–Trinajstić information content (AvgIpc) is 2.95. The van der Waals surface area contributed by atoms with E-state index < -0.39 is 5.97 Å². The summed E-state index contributed by atoms with van der Waals surface area (Å²) in [6.45, 7) is 1.21. The number of benzene rings is 2. The number of anilines is 1. The average molecular weight is 432 g/mol. The third-order valence-corrected chi connectivity index (χ3v) is 4.45. The number of amides is 1. The van der Waals surface area contributed by atoms with Crippen molar-refractivity contribution in [2.75, 3.05) is 10.6 Å². The van der Waals surface area contributed by atoms with Crippen LogP contribution in [0.3, 0.4) is 0 Å². The fourth-order valence-electron chi connectivity index (χ4n) is 2.67. The second kappa shape index (κ2) is 8.26. The summed E-state index contributed by atoms with van der Waals surface area (Å²) in [6, 6.07) is 13.3. The van der Waals surface area contributed by atoms with E-state index in [0.717, 1.165) is 10.8 Å². The number of aromatic hydroxyl groups is 1. The lowest BCUT2D eigenvalue weighted by Gasteiger charge is -2.04. The van der Waals surface area contributed by atoms with Gasteiger partial charge in [-0.1, -0.05) is 52.3 Å². The van der Waals surface area contributed by atoms with Crippen LogP contribution in [0.5, 0.6) is 11.5 Å². The standard InChI is InChI=1S/C20H18BrNO5/c1-12(23)26-19-17(25)18(27-20(19)22-16(24)7-4-10-21)15-9-8-13-5-2-3-6-14(13)11-15/h2-3,5-6,8-9,11,25H,4,7,10H2,1H3,(H,22,24). The molecule has 3 rings (SSSR count). The summed E-state index contributed by atoms with van der Waals surface area (Å²) in [7, 11) is 0. The number of hydrogen-bond donors (Lipinski definition) is 2. The Morgan fingerprint density at radius 1 is 1.19 bits per heavy atom. The Morgan fingerprint density at radius 3 is 2.63 bits per heavy atom. The van der Waals surface area contributed by atoms with Gasteiger partial charge < -0.3 is 14.3 Å². The Morgan fingerprint density at radius 2 is 1.93 bits per heavy atom. The molecule has 2 N–H and O–H groups in total. The highest BCUT2D eigenvalue weighted by Gasteiger charge is 2.25. The van der Waals surface area contributed by atoms with Crippen molar-refractivity contribution in [1.82, 2.24) is 0 Å². The van der Waals surface area contributed by atoms with Crippen molar-refractivity contribution < 1.29 is 23.8 Å². The van der Waals surface area contributed by atoms with Gasteiger partial charge in [0.25, 0.3) is 0 Å². The van der Waals surface area contributed by atoms with Crippen molar-refractivity contribution >= 4 is 44.5 Å². The number of rotatable bonds is 6. The van der Waals surface area contributed by atoms with E-state index in [1.807, 2.05) is 36.4 Å². The summed E-state index contributed by atoms with van der Waals surface area (Å²) >= 11 is 3.26. The summed E-state index contributed by atoms with van der Waals surface area (Å²) in [5.74, 6) is -1.44. The zero-order valence-electron chi connectivity index (χ0n) is 14.6. The van der Waals surface area contributed by atoms with Crippen molar-refractivity contribution in [1.29, 1.82) is 0 Å². The molecule has 1 amide bonds. The lowest BCUT2D eigenvalue weighted by molar-refractivity contribution is -0.132. The molecule has 0 aliphatic rings. The maximum Gasteiger partial charge on any atom is 0.308 e. The van der Waals surface area contributed by atoms with Crippen molar-refractivity contribution in [3.63, 3.8) is 0 Å². The number of esters is 1. The second-order valence-electron chi connectivity index (χ2n) is 5.93. The molecule has 1 aromatic heterocycles. The second-order valence-corrected chi connectivity index (χ2v) is 6.73. The van der Waals surface area contributed by atoms with Gasteiger partial charge in [0.05, 0.1) is 0 Å². The normalized spacial score (nSPS) is 10.7. The Balaban J connectivity index is 2.01. The number of hydrogen-bond acceptors (Lipinski definition) is 5. The van der Waals surface area contributed by atoms with Gasteiger partial charge in [0.15, 0.2) is 5.76 Å². The van der Waals surface area contributed by atoms with Crippen LogP contribution in [-0.2, 0) is 9.59 Å². The van der Waals surface area contributed by atoms with E-state index in [4.69, 9.17) is 9.15 Å². The molecule has 27 heavy (non-hydrogen) atoms. The zero-order valence-corrected chi connectivity index (χ0v) is 16.2. The Bertz CT molecular complexity index is 995. The molecule has 0 aliphatic heterocycles. The Kier molecular flexibility index (Phi) is 5.81. The number of nitrogens with one attached hydrogen (secondary N) is 1. The van der Waals surface area contributed by atoms with Gasteiger partial charge in [0, 0.05) is 24.2 Å². The van der Waals surface area contributed by atoms with E-state index in [0.29, 0.717) is 17.3 Å². The van der Waals surface area contributed by atoms with Crippen molar-refractivity contribution in [2.45, 2.75) is 19.8 Å². The maximum absolute atomic E-state index is 12.0. The van der Waals surface area contributed by atoms with Gasteiger partial charge in [0.1, 0.15) is 0 Å². The summed E-state index contributed by atoms with van der Waals surface area (Å²) in [6.07, 6.45) is 0.899. The van der Waals surface area contributed by atoms with Crippen LogP contribution >= 0.6 is 15.9 Å². The van der Waals surface area contributed by atoms with E-state index >= 15 is 0 Å². The number of fused-ring (bicyclic) bond motifs is 1. The largest absolute Gasteiger partial charge is 0.502 e. The van der Waals surface area contributed by atoms with Crippen LogP contribution in [0.25, 0.3) is 22.1 Å². The fraction of sp³-hybridized carbons (Fsp3) is 0.200. The molecule has 0 aliphatic carbocycles. The molecule has 0 saturated carbocycles. The van der Waals surface area contributed by atoms with Crippen LogP contribution in [0.4, 0.5) is 5.88 Å². The van der Waals surface area contributed by atoms with Crippen LogP contribution in [0.2, 0.25) is 0 Å². The van der Waals surface area contributed by atoms with Gasteiger partial charge in [0.2, 0.25) is 23.3 Å². The SMILES string of the molecule is CC(=O)Oc1c(NC(=O)CCCBr)oc(-c2ccc3ccccc3c2)c1O. The topological polar surface area (TPSA) is 88.8 Å². The number of carbonyl (C=O) groups is 2. The van der Waals surface area contributed by atoms with Gasteiger partial charge in [-0.3, -0.25) is 14.9 Å². The molecule has 0 fully saturated rings. The monoisotopic (exact) mass is 431 g/mol.